The van der Waals surface area contributed by atoms with E-state index in [1.807, 2.05) is 0 Å². The van der Waals surface area contributed by atoms with Crippen LogP contribution in [0.2, 0.25) is 0 Å². The number of urea groups is 1. The average molecular weight is 483 g/mol. The molecule has 0 unspecified atom stereocenters. The van der Waals surface area contributed by atoms with Crippen molar-refractivity contribution in [1.82, 2.24) is 20.0 Å². The van der Waals surface area contributed by atoms with E-state index < -0.39 is 11.6 Å². The molecule has 3 aliphatic heterocycles. The van der Waals surface area contributed by atoms with Crippen LogP contribution in [0.5, 0.6) is 5.75 Å². The maximum atomic E-state index is 13.3. The van der Waals surface area contributed by atoms with E-state index in [0.717, 1.165) is 56.2 Å². The Balaban J connectivity index is 1.12. The van der Waals surface area contributed by atoms with Crippen LogP contribution in [0.15, 0.2) is 18.2 Å². The number of imide groups is 1. The van der Waals surface area contributed by atoms with Crippen LogP contribution >= 0.6 is 0 Å². The van der Waals surface area contributed by atoms with Crippen LogP contribution in [0, 0.1) is 11.3 Å². The molecule has 35 heavy (non-hydrogen) atoms. The summed E-state index contributed by atoms with van der Waals surface area (Å²) in [6.45, 7) is 10.9. The van der Waals surface area contributed by atoms with Gasteiger partial charge in [0.05, 0.1) is 6.61 Å². The van der Waals surface area contributed by atoms with E-state index in [4.69, 9.17) is 4.74 Å². The van der Waals surface area contributed by atoms with Gasteiger partial charge < -0.3 is 15.0 Å². The highest BCUT2D eigenvalue weighted by atomic mass is 16.5. The third-order valence-electron chi connectivity index (χ3n) is 8.49. The molecule has 1 aliphatic carbocycles. The van der Waals surface area contributed by atoms with Gasteiger partial charge in [0.2, 0.25) is 5.91 Å². The molecule has 1 saturated carbocycles. The lowest BCUT2D eigenvalue weighted by molar-refractivity contribution is -0.140. The van der Waals surface area contributed by atoms with E-state index in [1.165, 1.54) is 11.1 Å². The van der Waals surface area contributed by atoms with Crippen molar-refractivity contribution in [2.24, 2.45) is 11.3 Å². The van der Waals surface area contributed by atoms with E-state index >= 15 is 0 Å². The lowest BCUT2D eigenvalue weighted by Gasteiger charge is -2.40. The van der Waals surface area contributed by atoms with Gasteiger partial charge in [-0.3, -0.25) is 19.4 Å². The molecule has 1 spiro atoms. The van der Waals surface area contributed by atoms with Gasteiger partial charge in [0.15, 0.2) is 0 Å². The summed E-state index contributed by atoms with van der Waals surface area (Å²) < 4.78 is 5.59. The molecular formula is C27H38N4O4. The number of piperazine rings is 1. The Bertz CT molecular complexity index is 1000. The van der Waals surface area contributed by atoms with Gasteiger partial charge in [-0.15, -0.1) is 0 Å². The standard InChI is InChI=1S/C27H38N4O4/c1-26(2,3)21-6-9-27(10-7-21)24(33)31(25(34)28-27)18-23(32)30-13-11-29(12-14-30)17-19-4-5-22-20(16-19)8-15-35-22/h4-5,16,21H,6-15,17-18H2,1-3H3,(H,28,34). The summed E-state index contributed by atoms with van der Waals surface area (Å²) in [5.74, 6) is 1.16. The summed E-state index contributed by atoms with van der Waals surface area (Å²) in [6.07, 6.45) is 4.09. The molecule has 0 radical (unpaired) electrons. The third kappa shape index (κ3) is 4.77. The van der Waals surface area contributed by atoms with Crippen LogP contribution in [0.25, 0.3) is 0 Å². The maximum Gasteiger partial charge on any atom is 0.325 e. The van der Waals surface area contributed by atoms with Gasteiger partial charge in [-0.2, -0.15) is 0 Å². The van der Waals surface area contributed by atoms with Gasteiger partial charge in [-0.05, 0) is 54.2 Å². The van der Waals surface area contributed by atoms with Crippen molar-refractivity contribution < 1.29 is 19.1 Å². The minimum Gasteiger partial charge on any atom is -0.493 e. The number of nitrogens with zero attached hydrogens (tertiary/aromatic N) is 3. The topological polar surface area (TPSA) is 82.2 Å². The van der Waals surface area contributed by atoms with Crippen molar-refractivity contribution in [3.63, 3.8) is 0 Å². The van der Waals surface area contributed by atoms with Crippen LogP contribution in [0.1, 0.15) is 57.6 Å². The molecule has 1 aromatic carbocycles. The molecule has 2 saturated heterocycles. The highest BCUT2D eigenvalue weighted by molar-refractivity contribution is 6.09. The first-order valence-electron chi connectivity index (χ1n) is 13.0. The average Bonchev–Trinajstić information content (AvgIpc) is 3.37. The number of rotatable bonds is 4. The summed E-state index contributed by atoms with van der Waals surface area (Å²) in [5, 5.41) is 2.95. The number of fused-ring (bicyclic) bond motifs is 1. The number of hydrogen-bond donors (Lipinski definition) is 1. The Morgan fingerprint density at radius 1 is 1.11 bits per heavy atom. The summed E-state index contributed by atoms with van der Waals surface area (Å²) in [7, 11) is 0. The summed E-state index contributed by atoms with van der Waals surface area (Å²) in [6, 6.07) is 5.97. The lowest BCUT2D eigenvalue weighted by Crippen LogP contribution is -2.52. The largest absolute Gasteiger partial charge is 0.493 e. The fourth-order valence-corrected chi connectivity index (χ4v) is 6.12. The van der Waals surface area contributed by atoms with Gasteiger partial charge >= 0.3 is 6.03 Å². The molecule has 190 valence electrons. The zero-order chi connectivity index (χ0) is 24.8. The number of amides is 4. The molecular weight excluding hydrogens is 444 g/mol. The molecule has 0 bridgehead atoms. The zero-order valence-electron chi connectivity index (χ0n) is 21.3. The minimum absolute atomic E-state index is 0.150. The van der Waals surface area contributed by atoms with Crippen molar-refractivity contribution in [3.05, 3.63) is 29.3 Å². The molecule has 4 amide bonds. The molecule has 8 nitrogen and oxygen atoms in total. The second kappa shape index (κ2) is 9.12. The Labute approximate surface area is 207 Å². The fraction of sp³-hybridized carbons (Fsp3) is 0.667. The Kier molecular flexibility index (Phi) is 6.28. The molecule has 4 aliphatic rings. The van der Waals surface area contributed by atoms with E-state index in [9.17, 15) is 14.4 Å². The normalized spacial score (nSPS) is 27.2. The maximum absolute atomic E-state index is 13.3. The first kappa shape index (κ1) is 24.1. The Morgan fingerprint density at radius 2 is 1.83 bits per heavy atom. The van der Waals surface area contributed by atoms with Crippen LogP contribution in [-0.2, 0) is 22.6 Å². The molecule has 8 heteroatoms. The summed E-state index contributed by atoms with van der Waals surface area (Å²) in [4.78, 5) is 44.3. The van der Waals surface area contributed by atoms with Crippen LogP contribution < -0.4 is 10.1 Å². The van der Waals surface area contributed by atoms with Gasteiger partial charge in [0.25, 0.3) is 5.91 Å². The molecule has 0 atom stereocenters. The van der Waals surface area contributed by atoms with Gasteiger partial charge in [0.1, 0.15) is 17.8 Å². The van der Waals surface area contributed by atoms with E-state index in [2.05, 4.69) is 49.2 Å². The van der Waals surface area contributed by atoms with E-state index in [0.29, 0.717) is 31.8 Å². The van der Waals surface area contributed by atoms with Gasteiger partial charge in [-0.25, -0.2) is 4.79 Å². The quantitative estimate of drug-likeness (QED) is 0.668. The fourth-order valence-electron chi connectivity index (χ4n) is 6.12. The van der Waals surface area contributed by atoms with Crippen LogP contribution in [0.4, 0.5) is 4.79 Å². The van der Waals surface area contributed by atoms with Crippen molar-refractivity contribution in [1.29, 1.82) is 0 Å². The number of benzene rings is 1. The third-order valence-corrected chi connectivity index (χ3v) is 8.49. The van der Waals surface area contributed by atoms with Crippen LogP contribution in [-0.4, -0.2) is 77.4 Å². The minimum atomic E-state index is -0.821. The first-order valence-corrected chi connectivity index (χ1v) is 13.0. The zero-order valence-corrected chi connectivity index (χ0v) is 21.3. The van der Waals surface area contributed by atoms with E-state index in [-0.39, 0.29) is 23.8 Å². The second-order valence-electron chi connectivity index (χ2n) is 11.7. The number of nitrogens with one attached hydrogen (secondary N) is 1. The van der Waals surface area contributed by atoms with Gasteiger partial charge in [-0.1, -0.05) is 32.9 Å². The number of ether oxygens (including phenoxy) is 1. The van der Waals surface area contributed by atoms with Crippen molar-refractivity contribution in [2.75, 3.05) is 39.3 Å². The molecule has 5 rings (SSSR count). The Hall–Kier alpha value is -2.61. The predicted molar refractivity (Wildman–Crippen MR) is 132 cm³/mol. The molecule has 0 aromatic heterocycles. The number of hydrogen-bond acceptors (Lipinski definition) is 5. The Morgan fingerprint density at radius 3 is 2.51 bits per heavy atom. The second-order valence-corrected chi connectivity index (χ2v) is 11.7. The molecule has 1 aromatic rings. The smallest absolute Gasteiger partial charge is 0.325 e. The SMILES string of the molecule is CC(C)(C)C1CCC2(CC1)NC(=O)N(CC(=O)N1CCN(Cc3ccc4c(c3)CCO4)CC1)C2=O. The molecule has 1 N–H and O–H groups in total. The van der Waals surface area contributed by atoms with E-state index in [1.54, 1.807) is 4.90 Å². The predicted octanol–water partition coefficient (Wildman–Crippen LogP) is 2.79. The summed E-state index contributed by atoms with van der Waals surface area (Å²) >= 11 is 0. The van der Waals surface area contributed by atoms with Crippen molar-refractivity contribution in [2.45, 2.75) is 65.0 Å². The highest BCUT2D eigenvalue weighted by Crippen LogP contribution is 2.43. The number of carbonyl (C=O) groups is 3. The van der Waals surface area contributed by atoms with Crippen molar-refractivity contribution >= 4 is 17.8 Å². The molecule has 3 heterocycles. The first-order chi connectivity index (χ1) is 16.6. The monoisotopic (exact) mass is 482 g/mol. The molecule has 3 fully saturated rings. The summed E-state index contributed by atoms with van der Waals surface area (Å²) in [5.41, 5.74) is 1.91. The number of carbonyl (C=O) groups excluding carboxylic acids is 3. The lowest BCUT2D eigenvalue weighted by atomic mass is 9.67. The van der Waals surface area contributed by atoms with Crippen molar-refractivity contribution in [3.8, 4) is 5.75 Å². The van der Waals surface area contributed by atoms with Crippen LogP contribution in [0.3, 0.4) is 0 Å². The highest BCUT2D eigenvalue weighted by Gasteiger charge is 2.53. The van der Waals surface area contributed by atoms with Gasteiger partial charge in [0, 0.05) is 39.1 Å².